The average Bonchev–Trinajstić information content (AvgIpc) is 2.61. The van der Waals surface area contributed by atoms with Gasteiger partial charge in [-0.3, -0.25) is 4.79 Å². The minimum absolute atomic E-state index is 0.154. The molecule has 5 heteroatoms. The maximum Gasteiger partial charge on any atom is 0.282 e. The van der Waals surface area contributed by atoms with Gasteiger partial charge in [0.25, 0.3) is 5.56 Å². The van der Waals surface area contributed by atoms with Gasteiger partial charge in [-0.1, -0.05) is 61.0 Å². The van der Waals surface area contributed by atoms with Crippen LogP contribution in [0.2, 0.25) is 0 Å². The third kappa shape index (κ3) is 3.71. The third-order valence-corrected chi connectivity index (χ3v) is 4.61. The molecule has 4 nitrogen and oxygen atoms in total. The number of hydrogen-bond donors (Lipinski definition) is 0. The molecule has 0 N–H and O–H groups in total. The van der Waals surface area contributed by atoms with Crippen molar-refractivity contribution in [1.29, 1.82) is 0 Å². The van der Waals surface area contributed by atoms with E-state index in [0.29, 0.717) is 29.1 Å². The molecule has 0 saturated heterocycles. The van der Waals surface area contributed by atoms with Crippen molar-refractivity contribution in [1.82, 2.24) is 9.66 Å². The molecule has 1 heterocycles. The number of halogens is 1. The summed E-state index contributed by atoms with van der Waals surface area (Å²) in [6, 6.07) is 13.7. The highest BCUT2D eigenvalue weighted by atomic mass is 79.9. The lowest BCUT2D eigenvalue weighted by atomic mass is 10.0. The zero-order valence-corrected chi connectivity index (χ0v) is 16.1. The zero-order chi connectivity index (χ0) is 18.0. The lowest BCUT2D eigenvalue weighted by Gasteiger charge is -2.08. The van der Waals surface area contributed by atoms with Gasteiger partial charge >= 0.3 is 0 Å². The summed E-state index contributed by atoms with van der Waals surface area (Å²) in [6.07, 6.45) is 2.33. The van der Waals surface area contributed by atoms with Crippen LogP contribution in [0.1, 0.15) is 43.6 Å². The van der Waals surface area contributed by atoms with E-state index < -0.39 is 0 Å². The second-order valence-electron chi connectivity index (χ2n) is 6.23. The minimum Gasteiger partial charge on any atom is -0.267 e. The number of aromatic nitrogens is 2. The fourth-order valence-corrected chi connectivity index (χ4v) is 3.00. The predicted molar refractivity (Wildman–Crippen MR) is 107 cm³/mol. The molecule has 2 aromatic carbocycles. The van der Waals surface area contributed by atoms with Crippen molar-refractivity contribution in [3.63, 3.8) is 0 Å². The Kier molecular flexibility index (Phi) is 5.13. The average molecular weight is 398 g/mol. The molecule has 0 aliphatic heterocycles. The Bertz CT molecular complexity index is 988. The number of nitrogens with zero attached hydrogens (tertiary/aromatic N) is 3. The van der Waals surface area contributed by atoms with Crippen molar-refractivity contribution in [2.24, 2.45) is 5.10 Å². The summed E-state index contributed by atoms with van der Waals surface area (Å²) in [5.74, 6) is 1.14. The predicted octanol–water partition coefficient (Wildman–Crippen LogP) is 4.73. The molecule has 3 rings (SSSR count). The van der Waals surface area contributed by atoms with Crippen LogP contribution in [0.15, 0.2) is 56.8 Å². The molecular weight excluding hydrogens is 378 g/mol. The Balaban J connectivity index is 2.05. The Morgan fingerprint density at radius 2 is 1.92 bits per heavy atom. The van der Waals surface area contributed by atoms with Crippen molar-refractivity contribution in [2.45, 2.75) is 33.1 Å². The monoisotopic (exact) mass is 397 g/mol. The molecule has 0 fully saturated rings. The number of aryl methyl sites for hydroxylation is 1. The van der Waals surface area contributed by atoms with Crippen LogP contribution in [-0.4, -0.2) is 15.9 Å². The van der Waals surface area contributed by atoms with Gasteiger partial charge in [0, 0.05) is 10.9 Å². The summed E-state index contributed by atoms with van der Waals surface area (Å²) >= 11 is 3.41. The highest BCUT2D eigenvalue weighted by Gasteiger charge is 2.09. The number of fused-ring (bicyclic) bond motifs is 1. The van der Waals surface area contributed by atoms with E-state index in [1.165, 1.54) is 10.2 Å². The molecule has 0 saturated carbocycles. The summed E-state index contributed by atoms with van der Waals surface area (Å²) in [7, 11) is 0. The first-order chi connectivity index (χ1) is 12.0. The van der Waals surface area contributed by atoms with Gasteiger partial charge in [0.2, 0.25) is 0 Å². The van der Waals surface area contributed by atoms with Gasteiger partial charge in [-0.25, -0.2) is 4.98 Å². The smallest absolute Gasteiger partial charge is 0.267 e. The summed E-state index contributed by atoms with van der Waals surface area (Å²) in [6.45, 7) is 6.29. The quantitative estimate of drug-likeness (QED) is 0.597. The van der Waals surface area contributed by atoms with E-state index in [4.69, 9.17) is 0 Å². The van der Waals surface area contributed by atoms with Gasteiger partial charge in [0.15, 0.2) is 0 Å². The fraction of sp³-hybridized carbons (Fsp3) is 0.250. The molecule has 0 amide bonds. The van der Waals surface area contributed by atoms with Crippen molar-refractivity contribution in [3.05, 3.63) is 74.2 Å². The number of rotatable bonds is 4. The first-order valence-electron chi connectivity index (χ1n) is 8.35. The molecule has 0 aliphatic rings. The van der Waals surface area contributed by atoms with E-state index in [1.807, 2.05) is 31.2 Å². The van der Waals surface area contributed by atoms with E-state index in [1.54, 1.807) is 12.3 Å². The normalized spacial score (nSPS) is 11.7. The van der Waals surface area contributed by atoms with Crippen LogP contribution in [0.3, 0.4) is 0 Å². The largest absolute Gasteiger partial charge is 0.282 e. The number of hydrogen-bond acceptors (Lipinski definition) is 3. The van der Waals surface area contributed by atoms with Crippen LogP contribution >= 0.6 is 15.9 Å². The molecule has 0 unspecified atom stereocenters. The standard InChI is InChI=1S/C20H20BrN3O/c1-4-19-23-18-10-9-16(21)11-17(18)20(25)24(19)22-12-14-5-7-15(8-6-14)13(2)3/h5-13H,4H2,1-3H3. The highest BCUT2D eigenvalue weighted by molar-refractivity contribution is 9.10. The SMILES string of the molecule is CCc1nc2ccc(Br)cc2c(=O)n1N=Cc1ccc(C(C)C)cc1. The van der Waals surface area contributed by atoms with Crippen LogP contribution in [0, 0.1) is 0 Å². The lowest BCUT2D eigenvalue weighted by Crippen LogP contribution is -2.22. The Labute approximate surface area is 155 Å². The molecule has 0 atom stereocenters. The maximum absolute atomic E-state index is 12.8. The van der Waals surface area contributed by atoms with Crippen LogP contribution in [0.4, 0.5) is 0 Å². The van der Waals surface area contributed by atoms with Gasteiger partial charge < -0.3 is 0 Å². The van der Waals surface area contributed by atoms with E-state index in [9.17, 15) is 4.79 Å². The second-order valence-corrected chi connectivity index (χ2v) is 7.14. The van der Waals surface area contributed by atoms with E-state index in [2.05, 4.69) is 52.0 Å². The fourth-order valence-electron chi connectivity index (χ4n) is 2.63. The topological polar surface area (TPSA) is 47.2 Å². The van der Waals surface area contributed by atoms with Gasteiger partial charge in [-0.05, 0) is 35.2 Å². The summed E-state index contributed by atoms with van der Waals surface area (Å²) in [4.78, 5) is 17.4. The Morgan fingerprint density at radius 1 is 1.20 bits per heavy atom. The molecule has 0 radical (unpaired) electrons. The van der Waals surface area contributed by atoms with Crippen molar-refractivity contribution in [2.75, 3.05) is 0 Å². The van der Waals surface area contributed by atoms with Crippen molar-refractivity contribution < 1.29 is 0 Å². The zero-order valence-electron chi connectivity index (χ0n) is 14.5. The Hall–Kier alpha value is -2.27. The molecule has 1 aromatic heterocycles. The number of benzene rings is 2. The first-order valence-corrected chi connectivity index (χ1v) is 9.14. The van der Waals surface area contributed by atoms with Gasteiger partial charge in [0.05, 0.1) is 17.1 Å². The molecule has 3 aromatic rings. The van der Waals surface area contributed by atoms with Crippen LogP contribution in [0.25, 0.3) is 10.9 Å². The summed E-state index contributed by atoms with van der Waals surface area (Å²) in [5.41, 5.74) is 2.77. The van der Waals surface area contributed by atoms with Gasteiger partial charge in [0.1, 0.15) is 5.82 Å². The van der Waals surface area contributed by atoms with Crippen molar-refractivity contribution >= 4 is 33.0 Å². The molecule has 0 bridgehead atoms. The third-order valence-electron chi connectivity index (χ3n) is 4.12. The van der Waals surface area contributed by atoms with E-state index in [-0.39, 0.29) is 5.56 Å². The highest BCUT2D eigenvalue weighted by Crippen LogP contribution is 2.16. The Morgan fingerprint density at radius 3 is 2.56 bits per heavy atom. The van der Waals surface area contributed by atoms with Gasteiger partial charge in [-0.15, -0.1) is 0 Å². The molecule has 0 spiro atoms. The summed E-state index contributed by atoms with van der Waals surface area (Å²) < 4.78 is 2.24. The van der Waals surface area contributed by atoms with Crippen LogP contribution in [0.5, 0.6) is 0 Å². The van der Waals surface area contributed by atoms with E-state index in [0.717, 1.165) is 10.0 Å². The molecule has 128 valence electrons. The minimum atomic E-state index is -0.154. The van der Waals surface area contributed by atoms with Crippen molar-refractivity contribution in [3.8, 4) is 0 Å². The molecule has 0 aliphatic carbocycles. The van der Waals surface area contributed by atoms with E-state index >= 15 is 0 Å². The molecule has 25 heavy (non-hydrogen) atoms. The van der Waals surface area contributed by atoms with Crippen LogP contribution < -0.4 is 5.56 Å². The van der Waals surface area contributed by atoms with Gasteiger partial charge in [-0.2, -0.15) is 9.78 Å². The maximum atomic E-state index is 12.8. The lowest BCUT2D eigenvalue weighted by molar-refractivity contribution is 0.734. The molecular formula is C20H20BrN3O. The van der Waals surface area contributed by atoms with Crippen LogP contribution in [-0.2, 0) is 6.42 Å². The second kappa shape index (κ2) is 7.31. The summed E-state index contributed by atoms with van der Waals surface area (Å²) in [5, 5.41) is 4.96. The first kappa shape index (κ1) is 17.5.